The van der Waals surface area contributed by atoms with E-state index in [1.165, 1.54) is 0 Å². The maximum Gasteiger partial charge on any atom is 0.281 e. The average molecular weight is 373 g/mol. The molecule has 0 spiro atoms. The molecule has 1 saturated heterocycles. The second-order valence-electron chi connectivity index (χ2n) is 5.99. The van der Waals surface area contributed by atoms with E-state index in [1.54, 1.807) is 31.2 Å². The summed E-state index contributed by atoms with van der Waals surface area (Å²) >= 11 is 6.05. The molecule has 134 valence electrons. The highest BCUT2D eigenvalue weighted by Crippen LogP contribution is 2.29. The van der Waals surface area contributed by atoms with Crippen molar-refractivity contribution in [1.29, 1.82) is 5.26 Å². The fourth-order valence-corrected chi connectivity index (χ4v) is 3.03. The number of nitrogens with zero attached hydrogens (tertiary/aromatic N) is 4. The highest BCUT2D eigenvalue weighted by Gasteiger charge is 2.23. The van der Waals surface area contributed by atoms with E-state index < -0.39 is 5.56 Å². The van der Waals surface area contributed by atoms with Crippen molar-refractivity contribution >= 4 is 23.0 Å². The zero-order valence-corrected chi connectivity index (χ0v) is 14.9. The molecule has 0 radical (unpaired) electrons. The Hall–Kier alpha value is -2.69. The number of hydrogen-bond acceptors (Lipinski definition) is 6. The molecule has 2 aromatic rings. The third-order valence-corrected chi connectivity index (χ3v) is 4.61. The molecule has 0 aliphatic carbocycles. The second kappa shape index (κ2) is 7.68. The van der Waals surface area contributed by atoms with Crippen LogP contribution in [0.1, 0.15) is 24.0 Å². The Bertz CT molecular complexity index is 956. The Morgan fingerprint density at radius 1 is 1.42 bits per heavy atom. The van der Waals surface area contributed by atoms with Crippen LogP contribution < -0.4 is 5.56 Å². The van der Waals surface area contributed by atoms with Crippen LogP contribution in [0.25, 0.3) is 0 Å². The first-order valence-corrected chi connectivity index (χ1v) is 8.55. The SMILES string of the molecule is Cc1c(C#N)c(O)n(CC2CCCO2)c(=O)c1N=Nc1ccccc1Cl. The molecule has 1 aliphatic rings. The summed E-state index contributed by atoms with van der Waals surface area (Å²) in [5, 5.41) is 28.2. The van der Waals surface area contributed by atoms with E-state index in [-0.39, 0.29) is 35.3 Å². The molecule has 1 aliphatic heterocycles. The molecule has 0 saturated carbocycles. The summed E-state index contributed by atoms with van der Waals surface area (Å²) in [6, 6.07) is 8.76. The maximum atomic E-state index is 12.8. The maximum absolute atomic E-state index is 12.8. The Morgan fingerprint density at radius 3 is 2.85 bits per heavy atom. The van der Waals surface area contributed by atoms with E-state index in [9.17, 15) is 15.2 Å². The number of rotatable bonds is 4. The summed E-state index contributed by atoms with van der Waals surface area (Å²) in [5.41, 5.74) is 0.151. The molecule has 1 fully saturated rings. The molecule has 1 atom stereocenters. The Labute approximate surface area is 155 Å². The lowest BCUT2D eigenvalue weighted by Gasteiger charge is -2.16. The van der Waals surface area contributed by atoms with Gasteiger partial charge in [-0.15, -0.1) is 10.2 Å². The molecule has 0 bridgehead atoms. The molecule has 7 nitrogen and oxygen atoms in total. The van der Waals surface area contributed by atoms with Crippen LogP contribution in [0.3, 0.4) is 0 Å². The summed E-state index contributed by atoms with van der Waals surface area (Å²) in [7, 11) is 0. The summed E-state index contributed by atoms with van der Waals surface area (Å²) in [4.78, 5) is 12.8. The fraction of sp³-hybridized carbons (Fsp3) is 0.333. The lowest BCUT2D eigenvalue weighted by atomic mass is 10.1. The number of ether oxygens (including phenoxy) is 1. The third-order valence-electron chi connectivity index (χ3n) is 4.29. The highest BCUT2D eigenvalue weighted by molar-refractivity contribution is 6.32. The Balaban J connectivity index is 2.08. The van der Waals surface area contributed by atoms with Crippen LogP contribution in [0.15, 0.2) is 39.3 Å². The largest absolute Gasteiger partial charge is 0.493 e. The van der Waals surface area contributed by atoms with Gasteiger partial charge >= 0.3 is 0 Å². The number of benzene rings is 1. The van der Waals surface area contributed by atoms with Crippen LogP contribution in [0, 0.1) is 18.3 Å². The molecule has 8 heteroatoms. The number of aromatic hydroxyl groups is 1. The third kappa shape index (κ3) is 3.47. The highest BCUT2D eigenvalue weighted by atomic mass is 35.5. The van der Waals surface area contributed by atoms with Gasteiger partial charge in [0.05, 0.1) is 17.7 Å². The van der Waals surface area contributed by atoms with E-state index in [0.29, 0.717) is 17.3 Å². The van der Waals surface area contributed by atoms with Gasteiger partial charge in [0.2, 0.25) is 5.88 Å². The Morgan fingerprint density at radius 2 is 2.19 bits per heavy atom. The van der Waals surface area contributed by atoms with Gasteiger partial charge in [0.25, 0.3) is 5.56 Å². The van der Waals surface area contributed by atoms with Gasteiger partial charge in [0.1, 0.15) is 17.3 Å². The standard InChI is InChI=1S/C18H17ClN4O3/c1-11-13(9-20)17(24)23(10-12-5-4-8-26-12)18(25)16(11)22-21-15-7-3-2-6-14(15)19/h2-3,6-7,12,24H,4-5,8,10H2,1H3. The average Bonchev–Trinajstić information content (AvgIpc) is 3.14. The number of halogens is 1. The lowest BCUT2D eigenvalue weighted by Crippen LogP contribution is -2.27. The topological polar surface area (TPSA) is 100.0 Å². The molecule has 1 unspecified atom stereocenters. The molecule has 2 heterocycles. The van der Waals surface area contributed by atoms with Gasteiger partial charge in [0.15, 0.2) is 5.69 Å². The monoisotopic (exact) mass is 372 g/mol. The van der Waals surface area contributed by atoms with Gasteiger partial charge in [-0.05, 0) is 31.9 Å². The van der Waals surface area contributed by atoms with Crippen LogP contribution in [0.5, 0.6) is 5.88 Å². The van der Waals surface area contributed by atoms with Crippen molar-refractivity contribution in [3.8, 4) is 11.9 Å². The summed E-state index contributed by atoms with van der Waals surface area (Å²) in [6.07, 6.45) is 1.51. The van der Waals surface area contributed by atoms with Crippen LogP contribution in [0.4, 0.5) is 11.4 Å². The molecule has 3 rings (SSSR count). The summed E-state index contributed by atoms with van der Waals surface area (Å²) in [5.74, 6) is -0.373. The van der Waals surface area contributed by atoms with Gasteiger partial charge in [0, 0.05) is 12.2 Å². The van der Waals surface area contributed by atoms with Crippen molar-refractivity contribution < 1.29 is 9.84 Å². The molecule has 26 heavy (non-hydrogen) atoms. The van der Waals surface area contributed by atoms with Gasteiger partial charge in [-0.2, -0.15) is 5.26 Å². The van der Waals surface area contributed by atoms with Crippen molar-refractivity contribution in [2.75, 3.05) is 6.61 Å². The number of hydrogen-bond donors (Lipinski definition) is 1. The minimum atomic E-state index is -0.523. The van der Waals surface area contributed by atoms with E-state index in [1.807, 2.05) is 6.07 Å². The second-order valence-corrected chi connectivity index (χ2v) is 6.39. The van der Waals surface area contributed by atoms with Crippen molar-refractivity contribution in [2.24, 2.45) is 10.2 Å². The lowest BCUT2D eigenvalue weighted by molar-refractivity contribution is 0.0939. The normalized spacial score (nSPS) is 16.9. The van der Waals surface area contributed by atoms with Crippen molar-refractivity contribution in [2.45, 2.75) is 32.4 Å². The van der Waals surface area contributed by atoms with E-state index in [4.69, 9.17) is 16.3 Å². The molecule has 1 N–H and O–H groups in total. The number of aromatic nitrogens is 1. The minimum Gasteiger partial charge on any atom is -0.493 e. The molecule has 1 aromatic carbocycles. The van der Waals surface area contributed by atoms with Crippen LogP contribution in [-0.4, -0.2) is 22.4 Å². The summed E-state index contributed by atoms with van der Waals surface area (Å²) < 4.78 is 6.66. The Kier molecular flexibility index (Phi) is 5.35. The number of nitriles is 1. The predicted octanol–water partition coefficient (Wildman–Crippen LogP) is 3.98. The van der Waals surface area contributed by atoms with E-state index >= 15 is 0 Å². The van der Waals surface area contributed by atoms with Gasteiger partial charge in [-0.1, -0.05) is 23.7 Å². The molecular formula is C18H17ClN4O3. The van der Waals surface area contributed by atoms with Crippen LogP contribution in [-0.2, 0) is 11.3 Å². The van der Waals surface area contributed by atoms with Crippen molar-refractivity contribution in [1.82, 2.24) is 4.57 Å². The quantitative estimate of drug-likeness (QED) is 0.820. The minimum absolute atomic E-state index is 0.00253. The zero-order chi connectivity index (χ0) is 18.7. The smallest absolute Gasteiger partial charge is 0.281 e. The first-order valence-electron chi connectivity index (χ1n) is 8.17. The van der Waals surface area contributed by atoms with Crippen molar-refractivity contribution in [3.05, 3.63) is 50.8 Å². The van der Waals surface area contributed by atoms with Crippen LogP contribution >= 0.6 is 11.6 Å². The van der Waals surface area contributed by atoms with E-state index in [0.717, 1.165) is 17.4 Å². The first kappa shape index (κ1) is 18.1. The zero-order valence-electron chi connectivity index (χ0n) is 14.1. The summed E-state index contributed by atoms with van der Waals surface area (Å²) in [6.45, 7) is 2.33. The predicted molar refractivity (Wildman–Crippen MR) is 96.4 cm³/mol. The van der Waals surface area contributed by atoms with Crippen LogP contribution in [0.2, 0.25) is 5.02 Å². The van der Waals surface area contributed by atoms with Gasteiger partial charge < -0.3 is 9.84 Å². The number of azo groups is 1. The molecule has 0 amide bonds. The van der Waals surface area contributed by atoms with Gasteiger partial charge in [-0.25, -0.2) is 0 Å². The first-order chi connectivity index (χ1) is 12.5. The van der Waals surface area contributed by atoms with Crippen molar-refractivity contribution in [3.63, 3.8) is 0 Å². The number of pyridine rings is 1. The van der Waals surface area contributed by atoms with E-state index in [2.05, 4.69) is 10.2 Å². The molecule has 1 aromatic heterocycles. The van der Waals surface area contributed by atoms with Gasteiger partial charge in [-0.3, -0.25) is 9.36 Å². The fourth-order valence-electron chi connectivity index (χ4n) is 2.86. The molecular weight excluding hydrogens is 356 g/mol.